The summed E-state index contributed by atoms with van der Waals surface area (Å²) < 4.78 is 5.41. The van der Waals surface area contributed by atoms with E-state index < -0.39 is 5.60 Å². The number of fused-ring (bicyclic) bond motifs is 1. The van der Waals surface area contributed by atoms with Crippen molar-refractivity contribution >= 4 is 17.4 Å². The molecule has 0 fully saturated rings. The lowest BCUT2D eigenvalue weighted by Gasteiger charge is -2.32. The van der Waals surface area contributed by atoms with Crippen LogP contribution < -0.4 is 4.90 Å². The van der Waals surface area contributed by atoms with Crippen LogP contribution >= 0.6 is 0 Å². The summed E-state index contributed by atoms with van der Waals surface area (Å²) >= 11 is 0. The fourth-order valence-electron chi connectivity index (χ4n) is 2.48. The Morgan fingerprint density at radius 1 is 1.40 bits per heavy atom. The third-order valence-corrected chi connectivity index (χ3v) is 4.10. The van der Waals surface area contributed by atoms with Gasteiger partial charge < -0.3 is 9.64 Å². The number of amides is 1. The first-order valence-corrected chi connectivity index (χ1v) is 7.03. The van der Waals surface area contributed by atoms with Crippen molar-refractivity contribution in [3.8, 4) is 0 Å². The molecule has 1 unspecified atom stereocenters. The third-order valence-electron chi connectivity index (χ3n) is 4.10. The number of benzene rings is 1. The van der Waals surface area contributed by atoms with Gasteiger partial charge in [-0.05, 0) is 31.9 Å². The monoisotopic (exact) mass is 275 g/mol. The van der Waals surface area contributed by atoms with Crippen LogP contribution in [0.3, 0.4) is 0 Å². The molecule has 0 aromatic heterocycles. The molecule has 1 amide bonds. The summed E-state index contributed by atoms with van der Waals surface area (Å²) in [4.78, 5) is 26.6. The second kappa shape index (κ2) is 5.75. The zero-order valence-corrected chi connectivity index (χ0v) is 12.3. The molecule has 0 bridgehead atoms. The van der Waals surface area contributed by atoms with Gasteiger partial charge in [-0.25, -0.2) is 0 Å². The van der Waals surface area contributed by atoms with Crippen LogP contribution in [-0.4, -0.2) is 30.9 Å². The van der Waals surface area contributed by atoms with Gasteiger partial charge >= 0.3 is 0 Å². The molecule has 4 nitrogen and oxygen atoms in total. The van der Waals surface area contributed by atoms with E-state index in [2.05, 4.69) is 0 Å². The average molecular weight is 275 g/mol. The summed E-state index contributed by atoms with van der Waals surface area (Å²) in [5.74, 6) is 0.0242. The summed E-state index contributed by atoms with van der Waals surface area (Å²) in [6, 6.07) is 7.31. The smallest absolute Gasteiger partial charge is 0.258 e. The number of carbonyl (C=O) groups is 2. The van der Waals surface area contributed by atoms with Gasteiger partial charge in [-0.15, -0.1) is 0 Å². The zero-order chi connectivity index (χ0) is 14.8. The lowest BCUT2D eigenvalue weighted by molar-refractivity contribution is -0.138. The summed E-state index contributed by atoms with van der Waals surface area (Å²) in [6.07, 6.45) is 1.76. The number of methoxy groups -OCH3 is 1. The first kappa shape index (κ1) is 14.7. The molecule has 1 aromatic carbocycles. The molecule has 0 saturated heterocycles. The SMILES string of the molecule is CCC(C)(OC)C(=O)N1CCCC(=O)c2ccccc21. The molecule has 20 heavy (non-hydrogen) atoms. The molecule has 0 N–H and O–H groups in total. The average Bonchev–Trinajstić information content (AvgIpc) is 2.65. The zero-order valence-electron chi connectivity index (χ0n) is 12.3. The Kier molecular flexibility index (Phi) is 4.23. The quantitative estimate of drug-likeness (QED) is 0.852. The molecule has 0 radical (unpaired) electrons. The Morgan fingerprint density at radius 3 is 2.75 bits per heavy atom. The highest BCUT2D eigenvalue weighted by molar-refractivity contribution is 6.08. The largest absolute Gasteiger partial charge is 0.369 e. The first-order chi connectivity index (χ1) is 9.53. The van der Waals surface area contributed by atoms with Crippen molar-refractivity contribution in [2.45, 2.75) is 38.7 Å². The van der Waals surface area contributed by atoms with Crippen molar-refractivity contribution in [2.24, 2.45) is 0 Å². The summed E-state index contributed by atoms with van der Waals surface area (Å²) in [5.41, 5.74) is 0.491. The molecule has 1 atom stereocenters. The minimum Gasteiger partial charge on any atom is -0.369 e. The number of ketones is 1. The number of carbonyl (C=O) groups excluding carboxylic acids is 2. The molecule has 0 saturated carbocycles. The molecule has 1 heterocycles. The molecule has 0 aliphatic carbocycles. The van der Waals surface area contributed by atoms with Crippen molar-refractivity contribution in [1.29, 1.82) is 0 Å². The summed E-state index contributed by atoms with van der Waals surface area (Å²) in [7, 11) is 1.55. The van der Waals surface area contributed by atoms with Crippen LogP contribution in [0.4, 0.5) is 5.69 Å². The number of rotatable bonds is 3. The molecule has 108 valence electrons. The lowest BCUT2D eigenvalue weighted by Crippen LogP contribution is -2.48. The minimum absolute atomic E-state index is 0.0790. The molecular formula is C16H21NO3. The van der Waals surface area contributed by atoms with Crippen LogP contribution in [0.15, 0.2) is 24.3 Å². The predicted octanol–water partition coefficient (Wildman–Crippen LogP) is 2.81. The molecule has 0 spiro atoms. The van der Waals surface area contributed by atoms with Crippen molar-refractivity contribution in [3.63, 3.8) is 0 Å². The number of ether oxygens (including phenoxy) is 1. The van der Waals surface area contributed by atoms with E-state index in [1.165, 1.54) is 0 Å². The minimum atomic E-state index is -0.847. The summed E-state index contributed by atoms with van der Waals surface area (Å²) in [6.45, 7) is 4.28. The van der Waals surface area contributed by atoms with E-state index in [1.54, 1.807) is 25.0 Å². The normalized spacial score (nSPS) is 18.1. The van der Waals surface area contributed by atoms with E-state index in [-0.39, 0.29) is 11.7 Å². The maximum absolute atomic E-state index is 12.8. The van der Waals surface area contributed by atoms with Crippen molar-refractivity contribution in [2.75, 3.05) is 18.6 Å². The summed E-state index contributed by atoms with van der Waals surface area (Å²) in [5, 5.41) is 0. The van der Waals surface area contributed by atoms with Gasteiger partial charge in [0.05, 0.1) is 5.69 Å². The van der Waals surface area contributed by atoms with E-state index in [4.69, 9.17) is 4.74 Å². The Morgan fingerprint density at radius 2 is 2.10 bits per heavy atom. The van der Waals surface area contributed by atoms with Gasteiger partial charge in [-0.3, -0.25) is 9.59 Å². The standard InChI is InChI=1S/C16H21NO3/c1-4-16(2,20-3)15(19)17-11-7-10-14(18)12-8-5-6-9-13(12)17/h5-6,8-9H,4,7,10-11H2,1-3H3. The fraction of sp³-hybridized carbons (Fsp3) is 0.500. The van der Waals surface area contributed by atoms with Gasteiger partial charge in [-0.2, -0.15) is 0 Å². The van der Waals surface area contributed by atoms with Crippen molar-refractivity contribution in [3.05, 3.63) is 29.8 Å². The third kappa shape index (κ3) is 2.48. The highest BCUT2D eigenvalue weighted by Gasteiger charge is 2.37. The Bertz CT molecular complexity index is 520. The Labute approximate surface area is 119 Å². The second-order valence-electron chi connectivity index (χ2n) is 5.29. The number of hydrogen-bond acceptors (Lipinski definition) is 3. The van der Waals surface area contributed by atoms with E-state index in [1.807, 2.05) is 25.1 Å². The maximum Gasteiger partial charge on any atom is 0.258 e. The van der Waals surface area contributed by atoms with Gasteiger partial charge in [-0.1, -0.05) is 19.1 Å². The van der Waals surface area contributed by atoms with Crippen molar-refractivity contribution < 1.29 is 14.3 Å². The van der Waals surface area contributed by atoms with Crippen LogP contribution in [0.5, 0.6) is 0 Å². The van der Waals surface area contributed by atoms with E-state index >= 15 is 0 Å². The van der Waals surface area contributed by atoms with Gasteiger partial charge in [0.2, 0.25) is 0 Å². The molecule has 1 aliphatic rings. The highest BCUT2D eigenvalue weighted by atomic mass is 16.5. The molecule has 4 heteroatoms. The predicted molar refractivity (Wildman–Crippen MR) is 78.1 cm³/mol. The van der Waals surface area contributed by atoms with Crippen LogP contribution in [0.1, 0.15) is 43.5 Å². The highest BCUT2D eigenvalue weighted by Crippen LogP contribution is 2.29. The van der Waals surface area contributed by atoms with Gasteiger partial charge in [0, 0.05) is 25.6 Å². The van der Waals surface area contributed by atoms with Crippen LogP contribution in [0, 0.1) is 0 Å². The van der Waals surface area contributed by atoms with Gasteiger partial charge in [0.25, 0.3) is 5.91 Å². The maximum atomic E-state index is 12.8. The fourth-order valence-corrected chi connectivity index (χ4v) is 2.48. The Balaban J connectivity index is 2.44. The second-order valence-corrected chi connectivity index (χ2v) is 5.29. The van der Waals surface area contributed by atoms with Crippen LogP contribution in [-0.2, 0) is 9.53 Å². The van der Waals surface area contributed by atoms with Crippen LogP contribution in [0.2, 0.25) is 0 Å². The molecule has 1 aromatic rings. The van der Waals surface area contributed by atoms with E-state index in [0.717, 1.165) is 0 Å². The van der Waals surface area contributed by atoms with Gasteiger partial charge in [0.1, 0.15) is 5.60 Å². The lowest BCUT2D eigenvalue weighted by atomic mass is 10.00. The van der Waals surface area contributed by atoms with Crippen LogP contribution in [0.25, 0.3) is 0 Å². The first-order valence-electron chi connectivity index (χ1n) is 7.03. The van der Waals surface area contributed by atoms with E-state index in [9.17, 15) is 9.59 Å². The number of nitrogens with zero attached hydrogens (tertiary/aromatic N) is 1. The Hall–Kier alpha value is -1.68. The molecule has 1 aliphatic heterocycles. The number of Topliss-reactive ketones (excluding diaryl/α,β-unsaturated/α-hetero) is 1. The molecular weight excluding hydrogens is 254 g/mol. The topological polar surface area (TPSA) is 46.6 Å². The van der Waals surface area contributed by atoms with Crippen molar-refractivity contribution in [1.82, 2.24) is 0 Å². The van der Waals surface area contributed by atoms with Gasteiger partial charge in [0.15, 0.2) is 5.78 Å². The van der Waals surface area contributed by atoms with E-state index in [0.29, 0.717) is 37.1 Å². The number of hydrogen-bond donors (Lipinski definition) is 0. The number of para-hydroxylation sites is 1. The molecule has 2 rings (SSSR count). The number of anilines is 1.